The Morgan fingerprint density at radius 3 is 2.55 bits per heavy atom. The highest BCUT2D eigenvalue weighted by Gasteiger charge is 2.51. The number of imidazole rings is 1. The van der Waals surface area contributed by atoms with E-state index in [4.69, 9.17) is 11.6 Å². The molecule has 2 aliphatic rings. The summed E-state index contributed by atoms with van der Waals surface area (Å²) in [5, 5.41) is 19.1. The molecule has 2 aliphatic carbocycles. The summed E-state index contributed by atoms with van der Waals surface area (Å²) in [4.78, 5) is 32.9. The van der Waals surface area contributed by atoms with Gasteiger partial charge in [-0.3, -0.25) is 19.3 Å². The quantitative estimate of drug-likeness (QED) is 0.324. The Bertz CT molecular complexity index is 1600. The molecule has 1 aromatic carbocycles. The average Bonchev–Trinajstić information content (AvgIpc) is 3.68. The molecule has 1 amide bonds. The fraction of sp³-hybridized carbons (Fsp3) is 0.345. The number of carbonyl (C=O) groups excluding carboxylic acids is 2. The summed E-state index contributed by atoms with van der Waals surface area (Å²) in [6, 6.07) is 9.41. The van der Waals surface area contributed by atoms with Gasteiger partial charge in [-0.25, -0.2) is 9.37 Å². The third kappa shape index (κ3) is 4.61. The summed E-state index contributed by atoms with van der Waals surface area (Å²) in [6.45, 7) is 0. The van der Waals surface area contributed by atoms with Crippen LogP contribution < -0.4 is 5.32 Å². The molecule has 3 aromatic heterocycles. The standard InChI is InChI=1S/C29H28ClFN6O3/c1-36-15-33-26(27(36)28(39)34-20-5-6-23(31)22(30)9-20)17-7-18-11-29(40,12-19(18)8-17)25-10-24(35-37(25)2)16-3-4-21(14-38)32-13-16/h3-6,9-10,13-15,17-19,40H,7-8,11-12H2,1-2H3,(H,34,39). The van der Waals surface area contributed by atoms with Crippen LogP contribution in [-0.2, 0) is 19.7 Å². The maximum Gasteiger partial charge on any atom is 0.274 e. The molecule has 0 aliphatic heterocycles. The topological polar surface area (TPSA) is 115 Å². The first-order valence-electron chi connectivity index (χ1n) is 13.1. The molecule has 4 aromatic rings. The number of amides is 1. The summed E-state index contributed by atoms with van der Waals surface area (Å²) >= 11 is 5.88. The number of aldehydes is 1. The minimum absolute atomic E-state index is 0.0628. The number of halogens is 2. The number of carbonyl (C=O) groups is 2. The van der Waals surface area contributed by atoms with Gasteiger partial charge in [-0.15, -0.1) is 0 Å². The first-order valence-corrected chi connectivity index (χ1v) is 13.5. The smallest absolute Gasteiger partial charge is 0.274 e. The second kappa shape index (κ2) is 9.94. The second-order valence-corrected chi connectivity index (χ2v) is 11.3. The third-order valence-corrected chi connectivity index (χ3v) is 8.63. The minimum Gasteiger partial charge on any atom is -0.384 e. The van der Waals surface area contributed by atoms with Crippen LogP contribution in [0.3, 0.4) is 0 Å². The van der Waals surface area contributed by atoms with Crippen LogP contribution in [0.5, 0.6) is 0 Å². The summed E-state index contributed by atoms with van der Waals surface area (Å²) in [5.74, 6) is -0.246. The number of nitrogens with one attached hydrogen (secondary N) is 1. The zero-order valence-electron chi connectivity index (χ0n) is 22.0. The molecule has 2 saturated carbocycles. The van der Waals surface area contributed by atoms with Gasteiger partial charge < -0.3 is 15.0 Å². The van der Waals surface area contributed by atoms with E-state index in [9.17, 15) is 19.1 Å². The molecule has 9 nitrogen and oxygen atoms in total. The fourth-order valence-electron chi connectivity index (χ4n) is 6.55. The fourth-order valence-corrected chi connectivity index (χ4v) is 6.73. The largest absolute Gasteiger partial charge is 0.384 e. The van der Waals surface area contributed by atoms with Crippen molar-refractivity contribution in [2.24, 2.45) is 25.9 Å². The van der Waals surface area contributed by atoms with Crippen LogP contribution in [-0.4, -0.2) is 41.6 Å². The Morgan fingerprint density at radius 1 is 1.15 bits per heavy atom. The summed E-state index contributed by atoms with van der Waals surface area (Å²) in [7, 11) is 3.60. The van der Waals surface area contributed by atoms with E-state index in [1.54, 1.807) is 41.0 Å². The number of anilines is 1. The second-order valence-electron chi connectivity index (χ2n) is 10.9. The van der Waals surface area contributed by atoms with Crippen LogP contribution in [0.1, 0.15) is 64.0 Å². The van der Waals surface area contributed by atoms with Crippen molar-refractivity contribution in [3.8, 4) is 11.3 Å². The van der Waals surface area contributed by atoms with E-state index in [0.29, 0.717) is 41.9 Å². The first kappa shape index (κ1) is 26.3. The lowest BCUT2D eigenvalue weighted by Crippen LogP contribution is -2.26. The lowest BCUT2D eigenvalue weighted by Gasteiger charge is -2.25. The van der Waals surface area contributed by atoms with Crippen molar-refractivity contribution in [3.05, 3.63) is 82.5 Å². The van der Waals surface area contributed by atoms with E-state index in [2.05, 4.69) is 20.4 Å². The molecule has 0 spiro atoms. The molecule has 2 fully saturated rings. The highest BCUT2D eigenvalue weighted by molar-refractivity contribution is 6.31. The van der Waals surface area contributed by atoms with Crippen LogP contribution >= 0.6 is 11.6 Å². The molecule has 0 saturated heterocycles. The molecule has 3 heterocycles. The van der Waals surface area contributed by atoms with Gasteiger partial charge >= 0.3 is 0 Å². The highest BCUT2D eigenvalue weighted by atomic mass is 35.5. The molecule has 2 unspecified atom stereocenters. The number of aryl methyl sites for hydroxylation is 2. The lowest BCUT2D eigenvalue weighted by atomic mass is 9.89. The molecule has 40 heavy (non-hydrogen) atoms. The van der Waals surface area contributed by atoms with E-state index in [0.717, 1.165) is 29.8 Å². The van der Waals surface area contributed by atoms with Gasteiger partial charge in [0.25, 0.3) is 5.91 Å². The number of benzene rings is 1. The number of fused-ring (bicyclic) bond motifs is 1. The average molecular weight is 563 g/mol. The number of pyridine rings is 1. The van der Waals surface area contributed by atoms with E-state index in [-0.39, 0.29) is 28.7 Å². The van der Waals surface area contributed by atoms with Gasteiger partial charge in [0.15, 0.2) is 6.29 Å². The SMILES string of the molecule is Cn1cnc(C2CC3CC(O)(c4cc(-c5ccc(C=O)nc5)nn4C)CC3C2)c1C(=O)Nc1ccc(F)c(Cl)c1. The number of nitrogens with zero attached hydrogens (tertiary/aromatic N) is 5. The zero-order chi connectivity index (χ0) is 28.2. The Balaban J connectivity index is 1.17. The Hall–Kier alpha value is -3.89. The van der Waals surface area contributed by atoms with Gasteiger partial charge in [0, 0.05) is 37.5 Å². The zero-order valence-corrected chi connectivity index (χ0v) is 22.8. The van der Waals surface area contributed by atoms with E-state index in [1.165, 1.54) is 18.2 Å². The van der Waals surface area contributed by atoms with Gasteiger partial charge in [-0.05, 0) is 73.9 Å². The van der Waals surface area contributed by atoms with Crippen molar-refractivity contribution >= 4 is 29.5 Å². The Kier molecular flexibility index (Phi) is 6.54. The molecule has 0 bridgehead atoms. The molecule has 206 valence electrons. The number of aliphatic hydroxyl groups is 1. The molecule has 6 rings (SSSR count). The minimum atomic E-state index is -1.01. The van der Waals surface area contributed by atoms with Gasteiger partial charge in [0.05, 0.1) is 28.4 Å². The molecule has 2 atom stereocenters. The summed E-state index contributed by atoms with van der Waals surface area (Å²) in [6.07, 6.45) is 6.76. The van der Waals surface area contributed by atoms with Crippen LogP contribution in [0.25, 0.3) is 11.3 Å². The molecule has 11 heteroatoms. The summed E-state index contributed by atoms with van der Waals surface area (Å²) in [5.41, 5.74) is 3.17. The number of hydrogen-bond donors (Lipinski definition) is 2. The summed E-state index contributed by atoms with van der Waals surface area (Å²) < 4.78 is 17.0. The van der Waals surface area contributed by atoms with Gasteiger partial charge in [0.2, 0.25) is 0 Å². The first-order chi connectivity index (χ1) is 19.1. The van der Waals surface area contributed by atoms with Crippen molar-refractivity contribution in [2.45, 2.75) is 37.2 Å². The third-order valence-electron chi connectivity index (χ3n) is 8.35. The van der Waals surface area contributed by atoms with Crippen molar-refractivity contribution in [1.29, 1.82) is 0 Å². The van der Waals surface area contributed by atoms with Crippen molar-refractivity contribution in [3.63, 3.8) is 0 Å². The van der Waals surface area contributed by atoms with Gasteiger partial charge in [-0.1, -0.05) is 11.6 Å². The number of rotatable bonds is 6. The number of aromatic nitrogens is 5. The lowest BCUT2D eigenvalue weighted by molar-refractivity contribution is 0.0263. The van der Waals surface area contributed by atoms with Gasteiger partial charge in [0.1, 0.15) is 22.8 Å². The normalized spacial score (nSPS) is 23.8. The van der Waals surface area contributed by atoms with E-state index >= 15 is 0 Å². The predicted octanol–water partition coefficient (Wildman–Crippen LogP) is 4.86. The highest BCUT2D eigenvalue weighted by Crippen LogP contribution is 2.57. The van der Waals surface area contributed by atoms with Crippen molar-refractivity contribution in [1.82, 2.24) is 24.3 Å². The van der Waals surface area contributed by atoms with Crippen LogP contribution in [0, 0.1) is 17.7 Å². The van der Waals surface area contributed by atoms with Crippen LogP contribution in [0.15, 0.2) is 48.9 Å². The van der Waals surface area contributed by atoms with Crippen molar-refractivity contribution in [2.75, 3.05) is 5.32 Å². The molecular formula is C29H28ClFN6O3. The molecule has 0 radical (unpaired) electrons. The van der Waals surface area contributed by atoms with E-state index in [1.807, 2.05) is 13.1 Å². The Labute approximate surface area is 235 Å². The van der Waals surface area contributed by atoms with Crippen molar-refractivity contribution < 1.29 is 19.1 Å². The monoisotopic (exact) mass is 562 g/mol. The number of hydrogen-bond acceptors (Lipinski definition) is 6. The van der Waals surface area contributed by atoms with E-state index < -0.39 is 11.4 Å². The maximum absolute atomic E-state index is 13.5. The van der Waals surface area contributed by atoms with Crippen LogP contribution in [0.4, 0.5) is 10.1 Å². The van der Waals surface area contributed by atoms with Crippen LogP contribution in [0.2, 0.25) is 5.02 Å². The molecule has 2 N–H and O–H groups in total. The Morgan fingerprint density at radius 2 is 1.90 bits per heavy atom. The maximum atomic E-state index is 13.5. The van der Waals surface area contributed by atoms with Gasteiger partial charge in [-0.2, -0.15) is 5.10 Å². The molecular weight excluding hydrogens is 535 g/mol. The predicted molar refractivity (Wildman–Crippen MR) is 146 cm³/mol.